The Hall–Kier alpha value is -1.89. The molecule has 1 aromatic rings. The number of benzene rings is 1. The van der Waals surface area contributed by atoms with Gasteiger partial charge in [0, 0.05) is 6.04 Å². The van der Waals surface area contributed by atoms with E-state index in [0.29, 0.717) is 5.56 Å². The Morgan fingerprint density at radius 2 is 1.70 bits per heavy atom. The third kappa shape index (κ3) is 4.71. The smallest absolute Gasteiger partial charge is 0.361 e. The summed E-state index contributed by atoms with van der Waals surface area (Å²) in [5.41, 5.74) is 2.31. The Morgan fingerprint density at radius 1 is 1.10 bits per heavy atom. The molecule has 4 N–H and O–H groups in total. The second kappa shape index (κ2) is 7.98. The van der Waals surface area contributed by atoms with Crippen molar-refractivity contribution in [2.45, 2.75) is 57.2 Å². The van der Waals surface area contributed by atoms with Gasteiger partial charge >= 0.3 is 12.4 Å². The summed E-state index contributed by atoms with van der Waals surface area (Å²) in [4.78, 5) is 12.3. The number of hydrogen-bond acceptors (Lipinski definition) is 5. The van der Waals surface area contributed by atoms with E-state index in [2.05, 4.69) is 16.1 Å². The van der Waals surface area contributed by atoms with E-state index in [9.17, 15) is 36.2 Å². The zero-order valence-electron chi connectivity index (χ0n) is 16.1. The van der Waals surface area contributed by atoms with Gasteiger partial charge in [-0.15, -0.1) is 0 Å². The molecule has 0 radical (unpaired) electrons. The summed E-state index contributed by atoms with van der Waals surface area (Å²) in [5.74, 6) is -2.15. The lowest BCUT2D eigenvalue weighted by molar-refractivity contribution is -0.147. The zero-order chi connectivity index (χ0) is 22.4. The number of amides is 1. The number of nitrogens with one attached hydrogen (secondary N) is 3. The Balaban J connectivity index is 1.95. The Bertz CT molecular complexity index is 767. The number of alkyl halides is 6. The van der Waals surface area contributed by atoms with E-state index in [0.717, 1.165) is 12.1 Å². The number of carbonyl (C=O) groups is 1. The van der Waals surface area contributed by atoms with Crippen LogP contribution in [0.4, 0.5) is 26.3 Å². The van der Waals surface area contributed by atoms with E-state index < -0.39 is 60.8 Å². The molecule has 6 nitrogen and oxygen atoms in total. The molecule has 168 valence electrons. The van der Waals surface area contributed by atoms with Gasteiger partial charge in [0.2, 0.25) is 5.91 Å². The molecule has 1 amide bonds. The molecule has 30 heavy (non-hydrogen) atoms. The Morgan fingerprint density at radius 3 is 2.20 bits per heavy atom. The minimum atomic E-state index is -4.55. The molecule has 2 aliphatic heterocycles. The van der Waals surface area contributed by atoms with E-state index >= 15 is 0 Å². The summed E-state index contributed by atoms with van der Waals surface area (Å²) < 4.78 is 77.9. The van der Waals surface area contributed by atoms with Gasteiger partial charge in [0.1, 0.15) is 0 Å². The predicted octanol–water partition coefficient (Wildman–Crippen LogP) is 2.48. The van der Waals surface area contributed by atoms with Crippen LogP contribution in [0.15, 0.2) is 24.3 Å². The van der Waals surface area contributed by atoms with Gasteiger partial charge in [0.25, 0.3) is 0 Å². The minimum Gasteiger partial charge on any atom is -0.361 e. The topological polar surface area (TPSA) is 76.6 Å². The normalized spacial score (nSPS) is 29.1. The van der Waals surface area contributed by atoms with E-state index in [4.69, 9.17) is 0 Å². The van der Waals surface area contributed by atoms with E-state index in [1.807, 2.05) is 0 Å². The molecule has 0 spiro atoms. The minimum absolute atomic E-state index is 0.247. The van der Waals surface area contributed by atoms with Crippen molar-refractivity contribution in [3.8, 4) is 0 Å². The van der Waals surface area contributed by atoms with Crippen LogP contribution in [-0.2, 0) is 11.0 Å². The fraction of sp³-hybridized carbons (Fsp3) is 0.611. The molecule has 0 aliphatic carbocycles. The lowest BCUT2D eigenvalue weighted by atomic mass is 9.91. The molecule has 2 aliphatic rings. The SMILES string of the molecule is CC(C)C(c1ccc(C(F)(F)F)cc1)N1NC(CC(F)(F)F)C2C(=O)NC(O)NC21. The summed E-state index contributed by atoms with van der Waals surface area (Å²) >= 11 is 0. The largest absolute Gasteiger partial charge is 0.416 e. The molecule has 2 saturated heterocycles. The number of nitrogens with zero attached hydrogens (tertiary/aromatic N) is 1. The van der Waals surface area contributed by atoms with Crippen LogP contribution in [-0.4, -0.2) is 40.8 Å². The summed E-state index contributed by atoms with van der Waals surface area (Å²) in [5, 5.41) is 16.1. The first-order chi connectivity index (χ1) is 13.8. The summed E-state index contributed by atoms with van der Waals surface area (Å²) in [6, 6.07) is 2.37. The van der Waals surface area contributed by atoms with Gasteiger partial charge < -0.3 is 10.4 Å². The van der Waals surface area contributed by atoms with E-state index in [-0.39, 0.29) is 5.92 Å². The maximum absolute atomic E-state index is 13.1. The second-order valence-corrected chi connectivity index (χ2v) is 7.82. The van der Waals surface area contributed by atoms with Gasteiger partial charge in [-0.05, 0) is 23.6 Å². The van der Waals surface area contributed by atoms with Gasteiger partial charge in [-0.25, -0.2) is 10.4 Å². The van der Waals surface area contributed by atoms with Crippen molar-refractivity contribution >= 4 is 5.91 Å². The third-order valence-corrected chi connectivity index (χ3v) is 5.26. The highest BCUT2D eigenvalue weighted by atomic mass is 19.4. The van der Waals surface area contributed by atoms with Crippen LogP contribution in [0.2, 0.25) is 0 Å². The van der Waals surface area contributed by atoms with Gasteiger partial charge in [-0.1, -0.05) is 26.0 Å². The van der Waals surface area contributed by atoms with Crippen molar-refractivity contribution in [1.29, 1.82) is 0 Å². The summed E-state index contributed by atoms with van der Waals surface area (Å²) in [6.45, 7) is 3.52. The Labute approximate surface area is 168 Å². The number of halogens is 6. The van der Waals surface area contributed by atoms with Crippen LogP contribution < -0.4 is 16.1 Å². The first-order valence-corrected chi connectivity index (χ1v) is 9.31. The van der Waals surface area contributed by atoms with Gasteiger partial charge in [-0.3, -0.25) is 10.1 Å². The van der Waals surface area contributed by atoms with Crippen molar-refractivity contribution in [3.63, 3.8) is 0 Å². The van der Waals surface area contributed by atoms with Gasteiger partial charge in [0.15, 0.2) is 6.35 Å². The quantitative estimate of drug-likeness (QED) is 0.542. The average molecular weight is 440 g/mol. The maximum atomic E-state index is 13.1. The van der Waals surface area contributed by atoms with Crippen LogP contribution in [0.3, 0.4) is 0 Å². The highest BCUT2D eigenvalue weighted by Gasteiger charge is 2.54. The Kier molecular flexibility index (Phi) is 6.07. The van der Waals surface area contributed by atoms with Crippen molar-refractivity contribution in [1.82, 2.24) is 21.1 Å². The molecule has 0 aromatic heterocycles. The van der Waals surface area contributed by atoms with Crippen LogP contribution in [0.25, 0.3) is 0 Å². The van der Waals surface area contributed by atoms with E-state index in [1.165, 1.54) is 17.1 Å². The zero-order valence-corrected chi connectivity index (χ0v) is 16.1. The molecule has 3 rings (SSSR count). The predicted molar refractivity (Wildman–Crippen MR) is 93.0 cm³/mol. The fourth-order valence-corrected chi connectivity index (χ4v) is 4.10. The molecule has 2 fully saturated rings. The molecule has 12 heteroatoms. The lowest BCUT2D eigenvalue weighted by Crippen LogP contribution is -2.65. The molecule has 1 aromatic carbocycles. The van der Waals surface area contributed by atoms with Crippen molar-refractivity contribution in [3.05, 3.63) is 35.4 Å². The van der Waals surface area contributed by atoms with Crippen LogP contribution in [0.1, 0.15) is 37.4 Å². The molecular weight excluding hydrogens is 418 g/mol. The third-order valence-electron chi connectivity index (χ3n) is 5.26. The van der Waals surface area contributed by atoms with Crippen LogP contribution in [0.5, 0.6) is 0 Å². The van der Waals surface area contributed by atoms with Crippen molar-refractivity contribution in [2.24, 2.45) is 11.8 Å². The number of carbonyl (C=O) groups excluding carboxylic acids is 1. The van der Waals surface area contributed by atoms with Crippen LogP contribution >= 0.6 is 0 Å². The molecule has 5 atom stereocenters. The number of fused-ring (bicyclic) bond motifs is 1. The van der Waals surface area contributed by atoms with Gasteiger partial charge in [-0.2, -0.15) is 26.3 Å². The lowest BCUT2D eigenvalue weighted by Gasteiger charge is -2.40. The molecule has 0 saturated carbocycles. The number of hydrazine groups is 1. The van der Waals surface area contributed by atoms with Gasteiger partial charge in [0.05, 0.1) is 30.1 Å². The van der Waals surface area contributed by atoms with Crippen molar-refractivity contribution in [2.75, 3.05) is 0 Å². The summed E-state index contributed by atoms with van der Waals surface area (Å²) in [6.07, 6.45) is -12.8. The second-order valence-electron chi connectivity index (χ2n) is 7.82. The monoisotopic (exact) mass is 440 g/mol. The molecule has 2 heterocycles. The fourth-order valence-electron chi connectivity index (χ4n) is 4.10. The number of hydrogen-bond donors (Lipinski definition) is 4. The molecule has 0 bridgehead atoms. The maximum Gasteiger partial charge on any atom is 0.416 e. The van der Waals surface area contributed by atoms with Crippen molar-refractivity contribution < 1.29 is 36.2 Å². The summed E-state index contributed by atoms with van der Waals surface area (Å²) in [7, 11) is 0. The first-order valence-electron chi connectivity index (χ1n) is 9.31. The van der Waals surface area contributed by atoms with E-state index in [1.54, 1.807) is 13.8 Å². The molecular formula is C18H22F6N4O2. The number of aliphatic hydroxyl groups excluding tert-OH is 1. The highest BCUT2D eigenvalue weighted by Crippen LogP contribution is 2.39. The number of rotatable bonds is 4. The average Bonchev–Trinajstić information content (AvgIpc) is 2.90. The number of aliphatic hydroxyl groups is 1. The van der Waals surface area contributed by atoms with Crippen LogP contribution in [0, 0.1) is 11.8 Å². The first kappa shape index (κ1) is 22.8. The standard InChI is InChI=1S/C18H22F6N4O2/c1-8(2)13(9-3-5-10(6-4-9)18(22,23)24)28-14-12(15(29)26-16(30)25-14)11(27-28)7-17(19,20)21/h3-6,8,11-14,16,25,27,30H,7H2,1-2H3,(H,26,29). The molecule has 5 unspecified atom stereocenters. The highest BCUT2D eigenvalue weighted by molar-refractivity contribution is 5.81.